The lowest BCUT2D eigenvalue weighted by Gasteiger charge is -2.29. The maximum Gasteiger partial charge on any atom is 0.139 e. The lowest BCUT2D eigenvalue weighted by molar-refractivity contribution is -0.0372. The fourth-order valence-corrected chi connectivity index (χ4v) is 5.14. The number of methoxy groups -OCH3 is 1. The van der Waals surface area contributed by atoms with Crippen LogP contribution >= 0.6 is 12.1 Å². The average molecular weight is 581 g/mol. The zero-order valence-electron chi connectivity index (χ0n) is 22.0. The van der Waals surface area contributed by atoms with Crippen LogP contribution in [0.2, 0.25) is 0 Å². The van der Waals surface area contributed by atoms with E-state index >= 15 is 4.39 Å². The van der Waals surface area contributed by atoms with Crippen molar-refractivity contribution < 1.29 is 30.9 Å². The van der Waals surface area contributed by atoms with Gasteiger partial charge < -0.3 is 9.47 Å². The quantitative estimate of drug-likeness (QED) is 0.167. The molecule has 41 heavy (non-hydrogen) atoms. The van der Waals surface area contributed by atoms with Crippen LogP contribution in [0, 0.1) is 41.0 Å². The molecule has 210 valence electrons. The monoisotopic (exact) mass is 580 g/mol. The van der Waals surface area contributed by atoms with Gasteiger partial charge in [0.25, 0.3) is 0 Å². The number of benzene rings is 4. The largest absolute Gasteiger partial charge is 0.384 e. The van der Waals surface area contributed by atoms with E-state index in [1.165, 1.54) is 42.5 Å². The second-order valence-electron chi connectivity index (χ2n) is 9.82. The third-order valence-electron chi connectivity index (χ3n) is 7.05. The molecule has 1 aliphatic heterocycles. The Morgan fingerprint density at radius 3 is 2.10 bits per heavy atom. The van der Waals surface area contributed by atoms with Crippen molar-refractivity contribution in [3.8, 4) is 34.1 Å². The second-order valence-corrected chi connectivity index (χ2v) is 10.4. The highest BCUT2D eigenvalue weighted by atomic mass is 32.2. The van der Waals surface area contributed by atoms with Gasteiger partial charge in [-0.2, -0.15) is 3.89 Å². The molecule has 2 unspecified atom stereocenters. The SMILES string of the molecule is COCC1CCC(c2ccc(-c3ccc(C#Cc4ccc(-c5ccc(SF)c(F)c5)c(F)c4)c(F)c3)c(F)c2)OC1. The number of ether oxygens (including phenoxy) is 2. The second kappa shape index (κ2) is 12.9. The molecule has 5 rings (SSSR count). The Bertz CT molecular complexity index is 1620. The molecule has 2 nitrogen and oxygen atoms in total. The van der Waals surface area contributed by atoms with E-state index in [2.05, 4.69) is 11.8 Å². The Morgan fingerprint density at radius 1 is 0.780 bits per heavy atom. The molecule has 2 atom stereocenters. The van der Waals surface area contributed by atoms with Crippen LogP contribution < -0.4 is 0 Å². The average Bonchev–Trinajstić information content (AvgIpc) is 2.97. The summed E-state index contributed by atoms with van der Waals surface area (Å²) in [4.78, 5) is -0.185. The van der Waals surface area contributed by atoms with Crippen LogP contribution in [-0.4, -0.2) is 20.3 Å². The van der Waals surface area contributed by atoms with Crippen LogP contribution in [0.25, 0.3) is 22.3 Å². The molecule has 0 amide bonds. The highest BCUT2D eigenvalue weighted by molar-refractivity contribution is 7.94. The lowest BCUT2D eigenvalue weighted by atomic mass is 9.93. The van der Waals surface area contributed by atoms with Gasteiger partial charge in [-0.1, -0.05) is 42.2 Å². The molecule has 4 aromatic carbocycles. The first kappa shape index (κ1) is 28.9. The minimum absolute atomic E-state index is 0.0675. The van der Waals surface area contributed by atoms with Crippen molar-refractivity contribution in [3.63, 3.8) is 0 Å². The van der Waals surface area contributed by atoms with Crippen molar-refractivity contribution >= 4 is 12.1 Å². The molecular weight excluding hydrogens is 555 g/mol. The maximum atomic E-state index is 15.0. The predicted octanol–water partition coefficient (Wildman–Crippen LogP) is 9.07. The van der Waals surface area contributed by atoms with Crippen LogP contribution in [0.3, 0.4) is 0 Å². The number of halogens is 5. The third kappa shape index (κ3) is 6.65. The van der Waals surface area contributed by atoms with Gasteiger partial charge >= 0.3 is 0 Å². The van der Waals surface area contributed by atoms with E-state index in [0.717, 1.165) is 30.5 Å². The van der Waals surface area contributed by atoms with Gasteiger partial charge in [0.1, 0.15) is 23.3 Å². The molecule has 1 fully saturated rings. The van der Waals surface area contributed by atoms with Gasteiger partial charge in [0.05, 0.1) is 41.9 Å². The molecule has 0 aliphatic carbocycles. The molecule has 0 radical (unpaired) electrons. The Labute approximate surface area is 239 Å². The molecule has 0 bridgehead atoms. The van der Waals surface area contributed by atoms with Gasteiger partial charge in [0.15, 0.2) is 0 Å². The first-order valence-corrected chi connectivity index (χ1v) is 13.7. The van der Waals surface area contributed by atoms with Crippen molar-refractivity contribution in [2.45, 2.75) is 23.8 Å². The van der Waals surface area contributed by atoms with Gasteiger partial charge in [0, 0.05) is 29.7 Å². The normalized spacial score (nSPS) is 16.7. The number of hydrogen-bond acceptors (Lipinski definition) is 3. The minimum Gasteiger partial charge on any atom is -0.384 e. The first-order valence-electron chi connectivity index (χ1n) is 13.0. The van der Waals surface area contributed by atoms with E-state index in [0.29, 0.717) is 24.7 Å². The van der Waals surface area contributed by atoms with Crippen LogP contribution in [0.4, 0.5) is 21.4 Å². The molecule has 1 aliphatic rings. The number of rotatable bonds is 6. The number of hydrogen-bond donors (Lipinski definition) is 0. The van der Waals surface area contributed by atoms with Crippen molar-refractivity contribution in [2.75, 3.05) is 20.3 Å². The van der Waals surface area contributed by atoms with Crippen molar-refractivity contribution in [1.29, 1.82) is 0 Å². The molecule has 0 spiro atoms. The Morgan fingerprint density at radius 2 is 1.49 bits per heavy atom. The van der Waals surface area contributed by atoms with E-state index in [1.54, 1.807) is 25.3 Å². The summed E-state index contributed by atoms with van der Waals surface area (Å²) >= 11 is -0.225. The van der Waals surface area contributed by atoms with E-state index < -0.39 is 23.3 Å². The Hall–Kier alpha value is -3.64. The molecule has 1 heterocycles. The van der Waals surface area contributed by atoms with Crippen molar-refractivity contribution in [1.82, 2.24) is 0 Å². The van der Waals surface area contributed by atoms with Crippen molar-refractivity contribution in [2.24, 2.45) is 5.92 Å². The van der Waals surface area contributed by atoms with E-state index in [4.69, 9.17) is 9.47 Å². The smallest absolute Gasteiger partial charge is 0.139 e. The van der Waals surface area contributed by atoms with Crippen LogP contribution in [0.5, 0.6) is 0 Å². The van der Waals surface area contributed by atoms with Crippen LogP contribution in [0.1, 0.15) is 35.6 Å². The summed E-state index contributed by atoms with van der Waals surface area (Å²) in [6.45, 7) is 1.19. The minimum atomic E-state index is -0.789. The van der Waals surface area contributed by atoms with E-state index in [1.807, 2.05) is 0 Å². The van der Waals surface area contributed by atoms with Gasteiger partial charge in [-0.25, -0.2) is 17.6 Å². The summed E-state index contributed by atoms with van der Waals surface area (Å²) in [6.07, 6.45) is 1.51. The molecular formula is C33H25F5O2S. The first-order chi connectivity index (χ1) is 19.9. The van der Waals surface area contributed by atoms with Gasteiger partial charge in [0.2, 0.25) is 0 Å². The van der Waals surface area contributed by atoms with Gasteiger partial charge in [-0.05, 0) is 72.0 Å². The summed E-state index contributed by atoms with van der Waals surface area (Å²) in [5.74, 6) is 3.18. The molecule has 1 saturated heterocycles. The van der Waals surface area contributed by atoms with E-state index in [9.17, 15) is 17.1 Å². The fourth-order valence-electron chi connectivity index (χ4n) is 4.88. The predicted molar refractivity (Wildman–Crippen MR) is 150 cm³/mol. The van der Waals surface area contributed by atoms with Gasteiger partial charge in [-0.3, -0.25) is 0 Å². The summed E-state index contributed by atoms with van der Waals surface area (Å²) in [7, 11) is 1.66. The molecule has 4 aromatic rings. The Kier molecular flexibility index (Phi) is 9.09. The van der Waals surface area contributed by atoms with Crippen LogP contribution in [0.15, 0.2) is 77.7 Å². The summed E-state index contributed by atoms with van der Waals surface area (Å²) in [5, 5.41) is 0. The van der Waals surface area contributed by atoms with Gasteiger partial charge in [-0.15, -0.1) is 0 Å². The molecule has 0 N–H and O–H groups in total. The third-order valence-corrected chi connectivity index (χ3v) is 7.55. The summed E-state index contributed by atoms with van der Waals surface area (Å²) < 4.78 is 82.4. The highest BCUT2D eigenvalue weighted by Crippen LogP contribution is 2.34. The van der Waals surface area contributed by atoms with E-state index in [-0.39, 0.29) is 51.0 Å². The molecule has 8 heteroatoms. The molecule has 0 aromatic heterocycles. The fraction of sp³-hybridized carbons (Fsp3) is 0.212. The topological polar surface area (TPSA) is 18.5 Å². The Balaban J connectivity index is 1.30. The van der Waals surface area contributed by atoms with Crippen molar-refractivity contribution in [3.05, 3.63) is 113 Å². The zero-order chi connectivity index (χ0) is 28.9. The lowest BCUT2D eigenvalue weighted by Crippen LogP contribution is -2.24. The maximum absolute atomic E-state index is 15.0. The highest BCUT2D eigenvalue weighted by Gasteiger charge is 2.24. The summed E-state index contributed by atoms with van der Waals surface area (Å²) in [6, 6.07) is 16.9. The zero-order valence-corrected chi connectivity index (χ0v) is 22.8. The standard InChI is InChI=1S/C33H25F5O2S/c1-39-18-21-4-12-32(40-19-21)25-8-11-27(30(36)17-25)23-7-6-22(28(34)15-23)5-2-20-3-10-26(29(35)14-20)24-9-13-33(41-38)31(37)16-24/h3,6-11,13-17,21,32H,4,12,18-19H2,1H3. The molecule has 0 saturated carbocycles. The summed E-state index contributed by atoms with van der Waals surface area (Å²) in [5.41, 5.74) is 2.09. The van der Waals surface area contributed by atoms with Crippen LogP contribution in [-0.2, 0) is 9.47 Å².